The number of carbonyl (C=O) groups is 2. The van der Waals surface area contributed by atoms with Gasteiger partial charge in [0.15, 0.2) is 6.61 Å². The molecule has 3 rings (SSSR count). The smallest absolute Gasteiger partial charge is 0.261 e. The van der Waals surface area contributed by atoms with E-state index in [0.717, 1.165) is 46.8 Å². The van der Waals surface area contributed by atoms with Crippen LogP contribution in [0.3, 0.4) is 0 Å². The van der Waals surface area contributed by atoms with E-state index in [4.69, 9.17) is 4.74 Å². The summed E-state index contributed by atoms with van der Waals surface area (Å²) in [5.41, 5.74) is 3.10. The molecule has 1 saturated carbocycles. The van der Waals surface area contributed by atoms with Crippen LogP contribution < -0.4 is 10.1 Å². The Morgan fingerprint density at radius 3 is 2.33 bits per heavy atom. The van der Waals surface area contributed by atoms with E-state index < -0.39 is 6.04 Å². The largest absolute Gasteiger partial charge is 0.484 e. The van der Waals surface area contributed by atoms with Crippen molar-refractivity contribution in [2.45, 2.75) is 77.9 Å². The molecule has 1 atom stereocenters. The Balaban J connectivity index is 1.75. The van der Waals surface area contributed by atoms with E-state index in [1.165, 1.54) is 6.42 Å². The summed E-state index contributed by atoms with van der Waals surface area (Å²) < 4.78 is 6.92. The maximum atomic E-state index is 13.4. The lowest BCUT2D eigenvalue weighted by atomic mass is 9.95. The van der Waals surface area contributed by atoms with E-state index in [1.807, 2.05) is 63.2 Å². The van der Waals surface area contributed by atoms with Crippen molar-refractivity contribution in [1.82, 2.24) is 10.2 Å². The Morgan fingerprint density at radius 1 is 1.09 bits per heavy atom. The second-order valence-electron chi connectivity index (χ2n) is 8.93. The van der Waals surface area contributed by atoms with Gasteiger partial charge in [-0.25, -0.2) is 0 Å². The molecule has 0 unspecified atom stereocenters. The summed E-state index contributed by atoms with van der Waals surface area (Å²) in [5.74, 6) is 0.396. The van der Waals surface area contributed by atoms with Crippen molar-refractivity contribution in [2.24, 2.45) is 0 Å². The molecule has 178 valence electrons. The Labute approximate surface area is 206 Å². The average Bonchev–Trinajstić information content (AvgIpc) is 2.82. The van der Waals surface area contributed by atoms with E-state index >= 15 is 0 Å². The molecule has 6 heteroatoms. The highest BCUT2D eigenvalue weighted by molar-refractivity contribution is 9.10. The summed E-state index contributed by atoms with van der Waals surface area (Å²) in [6, 6.07) is 13.3. The fourth-order valence-electron chi connectivity index (χ4n) is 4.46. The van der Waals surface area contributed by atoms with Gasteiger partial charge in [0.05, 0.1) is 0 Å². The first-order valence-electron chi connectivity index (χ1n) is 11.9. The fourth-order valence-corrected chi connectivity index (χ4v) is 4.69. The maximum absolute atomic E-state index is 13.4. The number of halogens is 1. The molecule has 1 fully saturated rings. The average molecular weight is 515 g/mol. The first kappa shape index (κ1) is 25.3. The Kier molecular flexibility index (Phi) is 9.36. The molecule has 33 heavy (non-hydrogen) atoms. The van der Waals surface area contributed by atoms with Crippen LogP contribution in [0.25, 0.3) is 0 Å². The predicted octanol–water partition coefficient (Wildman–Crippen LogP) is 5.70. The van der Waals surface area contributed by atoms with Gasteiger partial charge in [-0.1, -0.05) is 72.4 Å². The van der Waals surface area contributed by atoms with E-state index in [0.29, 0.717) is 18.7 Å². The standard InChI is InChI=1S/C27H35BrN2O3/c1-4-24(27(32)29-22-13-9-6-10-14-22)30(17-21-11-7-5-8-12-21)25(31)18-33-23-15-19(2)26(28)20(3)16-23/h5,7-8,11-12,15-16,22,24H,4,6,9-10,13-14,17-18H2,1-3H3,(H,29,32)/t24-/m0/s1. The van der Waals surface area contributed by atoms with Gasteiger partial charge in [0, 0.05) is 17.1 Å². The molecule has 0 heterocycles. The first-order valence-corrected chi connectivity index (χ1v) is 12.7. The number of carbonyl (C=O) groups excluding carboxylic acids is 2. The molecule has 1 N–H and O–H groups in total. The van der Waals surface area contributed by atoms with Gasteiger partial charge in [0.25, 0.3) is 5.91 Å². The van der Waals surface area contributed by atoms with Crippen molar-refractivity contribution >= 4 is 27.7 Å². The number of benzene rings is 2. The summed E-state index contributed by atoms with van der Waals surface area (Å²) in [4.78, 5) is 28.3. The molecule has 2 aromatic rings. The van der Waals surface area contributed by atoms with Gasteiger partial charge in [-0.05, 0) is 61.9 Å². The van der Waals surface area contributed by atoms with E-state index in [-0.39, 0.29) is 24.5 Å². The highest BCUT2D eigenvalue weighted by atomic mass is 79.9. The zero-order valence-corrected chi connectivity index (χ0v) is 21.5. The zero-order chi connectivity index (χ0) is 23.8. The van der Waals surface area contributed by atoms with Gasteiger partial charge >= 0.3 is 0 Å². The molecule has 2 amide bonds. The van der Waals surface area contributed by atoms with E-state index in [9.17, 15) is 9.59 Å². The number of amides is 2. The number of rotatable bonds is 9. The van der Waals surface area contributed by atoms with Crippen molar-refractivity contribution < 1.29 is 14.3 Å². The third-order valence-corrected chi connectivity index (χ3v) is 7.56. The van der Waals surface area contributed by atoms with Crippen LogP contribution in [0.5, 0.6) is 5.75 Å². The summed E-state index contributed by atoms with van der Waals surface area (Å²) in [5, 5.41) is 3.21. The molecule has 0 aromatic heterocycles. The number of ether oxygens (including phenoxy) is 1. The number of nitrogens with one attached hydrogen (secondary N) is 1. The molecule has 2 aromatic carbocycles. The molecule has 5 nitrogen and oxygen atoms in total. The van der Waals surface area contributed by atoms with Gasteiger partial charge in [-0.15, -0.1) is 0 Å². The quantitative estimate of drug-likeness (QED) is 0.466. The molecule has 0 bridgehead atoms. The lowest BCUT2D eigenvalue weighted by Gasteiger charge is -2.32. The predicted molar refractivity (Wildman–Crippen MR) is 135 cm³/mol. The van der Waals surface area contributed by atoms with Crippen LogP contribution in [0, 0.1) is 13.8 Å². The molecule has 1 aliphatic carbocycles. The van der Waals surface area contributed by atoms with Crippen LogP contribution in [0.15, 0.2) is 46.9 Å². The van der Waals surface area contributed by atoms with Crippen molar-refractivity contribution in [3.05, 3.63) is 63.6 Å². The SMILES string of the molecule is CC[C@@H](C(=O)NC1CCCCC1)N(Cc1ccccc1)C(=O)COc1cc(C)c(Br)c(C)c1. The van der Waals surface area contributed by atoms with E-state index in [1.54, 1.807) is 4.90 Å². The summed E-state index contributed by atoms with van der Waals surface area (Å²) >= 11 is 3.56. The molecular formula is C27H35BrN2O3. The van der Waals surface area contributed by atoms with Crippen LogP contribution in [0.1, 0.15) is 62.1 Å². The number of hydrogen-bond donors (Lipinski definition) is 1. The monoisotopic (exact) mass is 514 g/mol. The topological polar surface area (TPSA) is 58.6 Å². The van der Waals surface area contributed by atoms with Crippen LogP contribution in [0.2, 0.25) is 0 Å². The molecule has 1 aliphatic rings. The Morgan fingerprint density at radius 2 is 1.73 bits per heavy atom. The van der Waals surface area contributed by atoms with Crippen LogP contribution in [-0.4, -0.2) is 35.4 Å². The normalized spacial score (nSPS) is 15.0. The maximum Gasteiger partial charge on any atom is 0.261 e. The van der Waals surface area contributed by atoms with Crippen LogP contribution >= 0.6 is 15.9 Å². The minimum absolute atomic E-state index is 0.0657. The minimum Gasteiger partial charge on any atom is -0.484 e. The van der Waals surface area contributed by atoms with E-state index in [2.05, 4.69) is 21.2 Å². The van der Waals surface area contributed by atoms with Crippen molar-refractivity contribution in [2.75, 3.05) is 6.61 Å². The third-order valence-electron chi connectivity index (χ3n) is 6.31. The van der Waals surface area contributed by atoms with Gasteiger partial charge < -0.3 is 15.0 Å². The van der Waals surface area contributed by atoms with Crippen LogP contribution in [-0.2, 0) is 16.1 Å². The van der Waals surface area contributed by atoms with Crippen molar-refractivity contribution in [1.29, 1.82) is 0 Å². The molecule has 0 saturated heterocycles. The van der Waals surface area contributed by atoms with Crippen LogP contribution in [0.4, 0.5) is 0 Å². The third kappa shape index (κ3) is 7.07. The number of hydrogen-bond acceptors (Lipinski definition) is 3. The van der Waals surface area contributed by atoms with Gasteiger partial charge in [0.1, 0.15) is 11.8 Å². The lowest BCUT2D eigenvalue weighted by Crippen LogP contribution is -2.52. The molecule has 0 aliphatic heterocycles. The number of nitrogens with zero attached hydrogens (tertiary/aromatic N) is 1. The highest BCUT2D eigenvalue weighted by Gasteiger charge is 2.30. The Bertz CT molecular complexity index is 919. The Hall–Kier alpha value is -2.34. The summed E-state index contributed by atoms with van der Waals surface area (Å²) in [6.45, 7) is 6.21. The number of aryl methyl sites for hydroxylation is 2. The van der Waals surface area contributed by atoms with Gasteiger partial charge in [0.2, 0.25) is 5.91 Å². The highest BCUT2D eigenvalue weighted by Crippen LogP contribution is 2.26. The molecule has 0 radical (unpaired) electrons. The van der Waals surface area contributed by atoms with Crippen molar-refractivity contribution in [3.8, 4) is 5.75 Å². The molecular weight excluding hydrogens is 480 g/mol. The zero-order valence-electron chi connectivity index (χ0n) is 19.9. The first-order chi connectivity index (χ1) is 15.9. The van der Waals surface area contributed by atoms with Crippen molar-refractivity contribution in [3.63, 3.8) is 0 Å². The molecule has 0 spiro atoms. The fraction of sp³-hybridized carbons (Fsp3) is 0.481. The second kappa shape index (κ2) is 12.2. The van der Waals surface area contributed by atoms with Gasteiger partial charge in [-0.2, -0.15) is 0 Å². The van der Waals surface area contributed by atoms with Gasteiger partial charge in [-0.3, -0.25) is 9.59 Å². The second-order valence-corrected chi connectivity index (χ2v) is 9.73. The summed E-state index contributed by atoms with van der Waals surface area (Å²) in [6.07, 6.45) is 6.10. The minimum atomic E-state index is -0.531. The summed E-state index contributed by atoms with van der Waals surface area (Å²) in [7, 11) is 0. The lowest BCUT2D eigenvalue weighted by molar-refractivity contribution is -0.143.